The molecule has 0 unspecified atom stereocenters. The van der Waals surface area contributed by atoms with Gasteiger partial charge in [0.25, 0.3) is 5.91 Å². The Labute approximate surface area is 162 Å². The average molecular weight is 382 g/mol. The lowest BCUT2D eigenvalue weighted by molar-refractivity contribution is 0.0724. The topological polar surface area (TPSA) is 43.7 Å². The zero-order chi connectivity index (χ0) is 18.8. The Balaban J connectivity index is 1.56. The standard InChI is InChI=1S/C21H22N2O3S/c1-25-19-11-15-7-9-23(13-16(15)12-20(19)26-2)21(24)18-6-3-8-22(18)14-17-5-4-10-27-17/h3-6,8,10-12H,7,9,13-14H2,1-2H3. The van der Waals surface area contributed by atoms with E-state index in [-0.39, 0.29) is 5.91 Å². The summed E-state index contributed by atoms with van der Waals surface area (Å²) in [7, 11) is 3.28. The van der Waals surface area contributed by atoms with Gasteiger partial charge in [0.05, 0.1) is 20.8 Å². The third-order valence-electron chi connectivity index (χ3n) is 4.96. The van der Waals surface area contributed by atoms with Gasteiger partial charge in [0.1, 0.15) is 5.69 Å². The second-order valence-corrected chi connectivity index (χ2v) is 7.59. The summed E-state index contributed by atoms with van der Waals surface area (Å²) in [4.78, 5) is 16.3. The van der Waals surface area contributed by atoms with Gasteiger partial charge in [-0.3, -0.25) is 4.79 Å². The predicted molar refractivity (Wildman–Crippen MR) is 106 cm³/mol. The Hall–Kier alpha value is -2.73. The van der Waals surface area contributed by atoms with Crippen molar-refractivity contribution < 1.29 is 14.3 Å². The first-order valence-corrected chi connectivity index (χ1v) is 9.78. The molecule has 1 aliphatic rings. The third-order valence-corrected chi connectivity index (χ3v) is 5.82. The number of ether oxygens (including phenoxy) is 2. The van der Waals surface area contributed by atoms with E-state index in [0.717, 1.165) is 30.0 Å². The maximum absolute atomic E-state index is 13.2. The largest absolute Gasteiger partial charge is 0.493 e. The highest BCUT2D eigenvalue weighted by atomic mass is 32.1. The minimum atomic E-state index is 0.0667. The van der Waals surface area contributed by atoms with Gasteiger partial charge in [-0.1, -0.05) is 6.07 Å². The molecule has 2 aromatic heterocycles. The maximum Gasteiger partial charge on any atom is 0.270 e. The van der Waals surface area contributed by atoms with Crippen LogP contribution in [0.15, 0.2) is 48.0 Å². The summed E-state index contributed by atoms with van der Waals surface area (Å²) in [6, 6.07) is 12.0. The first kappa shape index (κ1) is 17.7. The molecule has 1 aliphatic heterocycles. The van der Waals surface area contributed by atoms with Gasteiger partial charge >= 0.3 is 0 Å². The number of methoxy groups -OCH3 is 2. The second-order valence-electron chi connectivity index (χ2n) is 6.55. The molecule has 1 amide bonds. The summed E-state index contributed by atoms with van der Waals surface area (Å²) in [5.41, 5.74) is 3.06. The van der Waals surface area contributed by atoms with Crippen molar-refractivity contribution in [2.75, 3.05) is 20.8 Å². The monoisotopic (exact) mass is 382 g/mol. The smallest absolute Gasteiger partial charge is 0.270 e. The van der Waals surface area contributed by atoms with Crippen LogP contribution in [0.25, 0.3) is 0 Å². The molecule has 140 valence electrons. The fraction of sp³-hybridized carbons (Fsp3) is 0.286. The molecule has 0 saturated heterocycles. The van der Waals surface area contributed by atoms with Crippen LogP contribution in [0.3, 0.4) is 0 Å². The highest BCUT2D eigenvalue weighted by Crippen LogP contribution is 2.33. The van der Waals surface area contributed by atoms with Gasteiger partial charge in [-0.15, -0.1) is 11.3 Å². The Morgan fingerprint density at radius 1 is 1.11 bits per heavy atom. The number of amides is 1. The number of fused-ring (bicyclic) bond motifs is 1. The first-order valence-electron chi connectivity index (χ1n) is 8.90. The zero-order valence-corrected chi connectivity index (χ0v) is 16.3. The van der Waals surface area contributed by atoms with E-state index in [1.54, 1.807) is 25.6 Å². The van der Waals surface area contributed by atoms with Crippen molar-refractivity contribution in [2.24, 2.45) is 0 Å². The lowest BCUT2D eigenvalue weighted by Gasteiger charge is -2.30. The molecular formula is C21H22N2O3S. The molecule has 0 bridgehead atoms. The van der Waals surface area contributed by atoms with Crippen LogP contribution in [0.4, 0.5) is 0 Å². The number of carbonyl (C=O) groups excluding carboxylic acids is 1. The van der Waals surface area contributed by atoms with Crippen LogP contribution in [-0.4, -0.2) is 36.1 Å². The molecule has 4 rings (SSSR count). The number of thiophene rings is 1. The number of nitrogens with zero attached hydrogens (tertiary/aromatic N) is 2. The molecule has 0 aliphatic carbocycles. The maximum atomic E-state index is 13.2. The molecule has 0 spiro atoms. The third kappa shape index (κ3) is 3.45. The van der Waals surface area contributed by atoms with E-state index in [1.807, 2.05) is 46.0 Å². The Kier molecular flexibility index (Phi) is 4.90. The molecule has 5 nitrogen and oxygen atoms in total. The van der Waals surface area contributed by atoms with E-state index >= 15 is 0 Å². The van der Waals surface area contributed by atoms with Crippen molar-refractivity contribution in [3.8, 4) is 11.5 Å². The van der Waals surface area contributed by atoms with Crippen molar-refractivity contribution in [3.63, 3.8) is 0 Å². The molecule has 0 fully saturated rings. The van der Waals surface area contributed by atoms with E-state index in [9.17, 15) is 4.79 Å². The van der Waals surface area contributed by atoms with Gasteiger partial charge in [0.2, 0.25) is 0 Å². The van der Waals surface area contributed by atoms with Crippen LogP contribution in [-0.2, 0) is 19.5 Å². The zero-order valence-electron chi connectivity index (χ0n) is 15.5. The molecule has 6 heteroatoms. The molecule has 27 heavy (non-hydrogen) atoms. The number of benzene rings is 1. The fourth-order valence-corrected chi connectivity index (χ4v) is 4.24. The molecule has 0 radical (unpaired) electrons. The van der Waals surface area contributed by atoms with E-state index in [0.29, 0.717) is 18.8 Å². The molecule has 3 aromatic rings. The normalized spacial score (nSPS) is 13.3. The predicted octanol–water partition coefficient (Wildman–Crippen LogP) is 3.81. The fourth-order valence-electron chi connectivity index (χ4n) is 3.54. The van der Waals surface area contributed by atoms with E-state index < -0.39 is 0 Å². The first-order chi connectivity index (χ1) is 13.2. The second kappa shape index (κ2) is 7.48. The van der Waals surface area contributed by atoms with Crippen molar-refractivity contribution in [2.45, 2.75) is 19.5 Å². The quantitative estimate of drug-likeness (QED) is 0.674. The number of aromatic nitrogens is 1. The summed E-state index contributed by atoms with van der Waals surface area (Å²) in [6.45, 7) is 2.01. The van der Waals surface area contributed by atoms with Gasteiger partial charge in [0.15, 0.2) is 11.5 Å². The van der Waals surface area contributed by atoms with Crippen LogP contribution in [0, 0.1) is 0 Å². The summed E-state index contributed by atoms with van der Waals surface area (Å²) in [5.74, 6) is 1.50. The van der Waals surface area contributed by atoms with Gasteiger partial charge in [-0.25, -0.2) is 0 Å². The molecule has 1 aromatic carbocycles. The number of hydrogen-bond acceptors (Lipinski definition) is 4. The van der Waals surface area contributed by atoms with Gasteiger partial charge < -0.3 is 18.9 Å². The van der Waals surface area contributed by atoms with Crippen LogP contribution in [0.5, 0.6) is 11.5 Å². The SMILES string of the molecule is COc1cc2c(cc1OC)CN(C(=O)c1cccn1Cc1cccs1)CC2. The Morgan fingerprint density at radius 2 is 1.89 bits per heavy atom. The highest BCUT2D eigenvalue weighted by molar-refractivity contribution is 7.09. The highest BCUT2D eigenvalue weighted by Gasteiger charge is 2.25. The summed E-state index contributed by atoms with van der Waals surface area (Å²) in [6.07, 6.45) is 2.78. The van der Waals surface area contributed by atoms with Crippen LogP contribution < -0.4 is 9.47 Å². The van der Waals surface area contributed by atoms with Crippen LogP contribution in [0.1, 0.15) is 26.5 Å². The number of hydrogen-bond donors (Lipinski definition) is 0. The molecule has 0 saturated carbocycles. The van der Waals surface area contributed by atoms with Gasteiger partial charge in [0, 0.05) is 24.2 Å². The average Bonchev–Trinajstić information content (AvgIpc) is 3.38. The van der Waals surface area contributed by atoms with E-state index in [2.05, 4.69) is 11.4 Å². The van der Waals surface area contributed by atoms with Crippen molar-refractivity contribution in [1.29, 1.82) is 0 Å². The van der Waals surface area contributed by atoms with Gasteiger partial charge in [-0.05, 0) is 53.3 Å². The summed E-state index contributed by atoms with van der Waals surface area (Å²) in [5, 5.41) is 2.06. The van der Waals surface area contributed by atoms with Crippen molar-refractivity contribution in [3.05, 3.63) is 69.7 Å². The lowest BCUT2D eigenvalue weighted by Crippen LogP contribution is -2.37. The number of carbonyl (C=O) groups is 1. The molecule has 0 atom stereocenters. The number of rotatable bonds is 5. The van der Waals surface area contributed by atoms with E-state index in [1.165, 1.54) is 10.4 Å². The molecule has 3 heterocycles. The summed E-state index contributed by atoms with van der Waals surface area (Å²) >= 11 is 1.70. The Morgan fingerprint density at radius 3 is 2.59 bits per heavy atom. The van der Waals surface area contributed by atoms with Crippen molar-refractivity contribution in [1.82, 2.24) is 9.47 Å². The molecule has 0 N–H and O–H groups in total. The Bertz CT molecular complexity index is 946. The minimum absolute atomic E-state index is 0.0667. The molecular weight excluding hydrogens is 360 g/mol. The minimum Gasteiger partial charge on any atom is -0.493 e. The van der Waals surface area contributed by atoms with Gasteiger partial charge in [-0.2, -0.15) is 0 Å². The van der Waals surface area contributed by atoms with E-state index in [4.69, 9.17) is 9.47 Å². The van der Waals surface area contributed by atoms with Crippen molar-refractivity contribution >= 4 is 17.2 Å². The summed E-state index contributed by atoms with van der Waals surface area (Å²) < 4.78 is 12.8. The van der Waals surface area contributed by atoms with Crippen LogP contribution in [0.2, 0.25) is 0 Å². The lowest BCUT2D eigenvalue weighted by atomic mass is 9.98. The van der Waals surface area contributed by atoms with Crippen LogP contribution >= 0.6 is 11.3 Å².